The van der Waals surface area contributed by atoms with Crippen LogP contribution in [0.15, 0.2) is 42.9 Å². The number of pyridine rings is 1. The topological polar surface area (TPSA) is 139 Å². The summed E-state index contributed by atoms with van der Waals surface area (Å²) in [6, 6.07) is 7.38. The number of alkyl halides is 1. The lowest BCUT2D eigenvalue weighted by atomic mass is 9.96. The van der Waals surface area contributed by atoms with E-state index in [2.05, 4.69) is 19.9 Å². The van der Waals surface area contributed by atoms with Gasteiger partial charge in [-0.25, -0.2) is 22.5 Å². The Morgan fingerprint density at radius 2 is 2.02 bits per heavy atom. The first-order chi connectivity index (χ1) is 24.7. The summed E-state index contributed by atoms with van der Waals surface area (Å²) >= 11 is 7.75. The van der Waals surface area contributed by atoms with Crippen molar-refractivity contribution in [3.05, 3.63) is 70.7 Å². The first kappa shape index (κ1) is 34.5. The zero-order chi connectivity index (χ0) is 36.0. The van der Waals surface area contributed by atoms with Crippen LogP contribution in [0.3, 0.4) is 0 Å². The van der Waals surface area contributed by atoms with Gasteiger partial charge in [-0.1, -0.05) is 23.7 Å². The van der Waals surface area contributed by atoms with E-state index in [0.717, 1.165) is 30.4 Å². The van der Waals surface area contributed by atoms with Crippen molar-refractivity contribution in [1.82, 2.24) is 19.9 Å². The second kappa shape index (κ2) is 14.0. The molecular weight excluding hydrogens is 708 g/mol. The van der Waals surface area contributed by atoms with Crippen molar-refractivity contribution in [3.63, 3.8) is 0 Å². The Labute approximate surface area is 298 Å². The summed E-state index contributed by atoms with van der Waals surface area (Å²) in [7, 11) is 1.32. The maximum Gasteiger partial charge on any atom is 0.318 e. The molecule has 2 fully saturated rings. The second-order valence-electron chi connectivity index (χ2n) is 12.2. The van der Waals surface area contributed by atoms with E-state index in [9.17, 15) is 18.4 Å². The Balaban J connectivity index is 0.000000389. The van der Waals surface area contributed by atoms with Crippen LogP contribution < -0.4 is 25.8 Å². The van der Waals surface area contributed by atoms with E-state index in [1.165, 1.54) is 38.3 Å². The third-order valence-corrected chi connectivity index (χ3v) is 10.8. The molecule has 8 rings (SSSR count). The number of ether oxygens (including phenoxy) is 2. The number of anilines is 3. The van der Waals surface area contributed by atoms with Crippen molar-refractivity contribution in [1.29, 1.82) is 5.26 Å². The average Bonchev–Trinajstić information content (AvgIpc) is 3.77. The highest BCUT2D eigenvalue weighted by Crippen LogP contribution is 2.51. The molecule has 5 aromatic rings. The lowest BCUT2D eigenvalue weighted by molar-refractivity contribution is 0.292. The number of thiophene rings is 1. The summed E-state index contributed by atoms with van der Waals surface area (Å²) in [5, 5.41) is 9.92. The van der Waals surface area contributed by atoms with Gasteiger partial charge in [-0.2, -0.15) is 15.2 Å². The second-order valence-corrected chi connectivity index (χ2v) is 13.7. The van der Waals surface area contributed by atoms with Gasteiger partial charge in [0, 0.05) is 35.3 Å². The number of aromatic nitrogens is 3. The van der Waals surface area contributed by atoms with E-state index < -0.39 is 23.8 Å². The van der Waals surface area contributed by atoms with Crippen LogP contribution in [0.25, 0.3) is 32.1 Å². The molecule has 3 unspecified atom stereocenters. The fourth-order valence-electron chi connectivity index (χ4n) is 7.19. The Kier molecular flexibility index (Phi) is 9.49. The molecule has 4 N–H and O–H groups in total. The van der Waals surface area contributed by atoms with E-state index >= 15 is 4.39 Å². The van der Waals surface area contributed by atoms with Crippen molar-refractivity contribution >= 4 is 60.6 Å². The monoisotopic (exact) mass is 738 g/mol. The number of fused-ring (bicyclic) bond motifs is 2. The van der Waals surface area contributed by atoms with Gasteiger partial charge in [0.2, 0.25) is 0 Å². The summed E-state index contributed by atoms with van der Waals surface area (Å²) in [4.78, 5) is 16.8. The number of nitrogen functional groups attached to an aromatic ring is 2. The number of halogens is 5. The van der Waals surface area contributed by atoms with E-state index in [4.69, 9.17) is 32.5 Å². The van der Waals surface area contributed by atoms with Gasteiger partial charge in [0.05, 0.1) is 46.7 Å². The molecule has 2 saturated heterocycles. The van der Waals surface area contributed by atoms with E-state index in [-0.39, 0.29) is 84.3 Å². The van der Waals surface area contributed by atoms with Gasteiger partial charge in [-0.05, 0) is 49.6 Å². The third-order valence-electron chi connectivity index (χ3n) is 9.42. The van der Waals surface area contributed by atoms with Crippen LogP contribution in [-0.4, -0.2) is 65.4 Å². The molecule has 0 saturated carbocycles. The number of benzene rings is 2. The third kappa shape index (κ3) is 6.00. The highest BCUT2D eigenvalue weighted by atomic mass is 35.5. The smallest absolute Gasteiger partial charge is 0.318 e. The predicted molar refractivity (Wildman–Crippen MR) is 190 cm³/mol. The molecule has 10 nitrogen and oxygen atoms in total. The zero-order valence-corrected chi connectivity index (χ0v) is 28.7. The SMILES string of the molecule is COc1nc2c3c(c(Cl)c(-c4ccc(F)c5sc(N)c(C#N)c45)c(F)c3n1)OCCN2C(/C=C/F)c1cccnc1N.FC1CC2CCCN2C1. The Bertz CT molecular complexity index is 2220. The van der Waals surface area contributed by atoms with E-state index in [0.29, 0.717) is 24.5 Å². The molecule has 3 aliphatic rings. The van der Waals surface area contributed by atoms with Crippen molar-refractivity contribution in [2.24, 2.45) is 0 Å². The van der Waals surface area contributed by atoms with Gasteiger partial charge in [0.1, 0.15) is 46.8 Å². The Morgan fingerprint density at radius 1 is 1.20 bits per heavy atom. The number of hydrogen-bond donors (Lipinski definition) is 2. The van der Waals surface area contributed by atoms with Crippen molar-refractivity contribution in [2.75, 3.05) is 49.7 Å². The number of nitrogens with zero attached hydrogens (tertiary/aromatic N) is 6. The van der Waals surface area contributed by atoms with Gasteiger partial charge >= 0.3 is 6.01 Å². The standard InChI is InChI=1S/C28H19ClF3N7O2S.C7H12FN/c1-40-28-37-22-19-23(41-10-9-39(27(19)38-28)16(6-7-30)12-3-2-8-36-25(12)34)20(29)18(21(22)32)13-4-5-15(31)24-17(13)14(11-33)26(35)42-24;8-6-4-7-2-1-3-9(7)5-6/h2-8,16H,9-10,35H2,1H3,(H2,34,36);6-7H,1-5H2/b7-6+;. The van der Waals surface area contributed by atoms with Crippen molar-refractivity contribution in [2.45, 2.75) is 37.5 Å². The molecule has 6 heterocycles. The molecule has 3 aliphatic heterocycles. The minimum absolute atomic E-state index is 0.00566. The van der Waals surface area contributed by atoms with Crippen LogP contribution in [0.1, 0.15) is 36.4 Å². The zero-order valence-electron chi connectivity index (χ0n) is 27.2. The molecule has 0 spiro atoms. The highest BCUT2D eigenvalue weighted by Gasteiger charge is 2.36. The Hall–Kier alpha value is -4.91. The molecule has 0 amide bonds. The normalized spacial score (nSPS) is 19.0. The fourth-order valence-corrected chi connectivity index (χ4v) is 8.47. The summed E-state index contributed by atoms with van der Waals surface area (Å²) < 4.78 is 69.3. The van der Waals surface area contributed by atoms with Crippen LogP contribution in [0, 0.1) is 23.0 Å². The molecule has 3 aromatic heterocycles. The van der Waals surface area contributed by atoms with E-state index in [1.54, 1.807) is 17.0 Å². The lowest BCUT2D eigenvalue weighted by Crippen LogP contribution is -2.32. The highest BCUT2D eigenvalue weighted by molar-refractivity contribution is 7.23. The lowest BCUT2D eigenvalue weighted by Gasteiger charge is -2.30. The minimum Gasteiger partial charge on any atom is -0.489 e. The van der Waals surface area contributed by atoms with Gasteiger partial charge in [-0.3, -0.25) is 4.90 Å². The largest absolute Gasteiger partial charge is 0.489 e. The molecule has 3 atom stereocenters. The number of nitrogens with two attached hydrogens (primary N) is 2. The van der Waals surface area contributed by atoms with Crippen molar-refractivity contribution < 1.29 is 27.0 Å². The van der Waals surface area contributed by atoms with Crippen LogP contribution >= 0.6 is 22.9 Å². The number of nitriles is 1. The van der Waals surface area contributed by atoms with Crippen LogP contribution in [0.5, 0.6) is 11.8 Å². The minimum atomic E-state index is -0.897. The molecule has 0 aliphatic carbocycles. The molecular formula is C35H31ClF4N8O2S. The molecule has 2 aromatic carbocycles. The van der Waals surface area contributed by atoms with Crippen LogP contribution in [0.2, 0.25) is 5.02 Å². The summed E-state index contributed by atoms with van der Waals surface area (Å²) in [5.41, 5.74) is 12.3. The Morgan fingerprint density at radius 3 is 2.75 bits per heavy atom. The maximum absolute atomic E-state index is 16.7. The average molecular weight is 739 g/mol. The summed E-state index contributed by atoms with van der Waals surface area (Å²) in [5.74, 6) is -1.17. The maximum atomic E-state index is 16.7. The molecule has 264 valence electrons. The first-order valence-electron chi connectivity index (χ1n) is 16.1. The van der Waals surface area contributed by atoms with Gasteiger partial charge in [-0.15, -0.1) is 11.3 Å². The van der Waals surface area contributed by atoms with Gasteiger partial charge in [0.15, 0.2) is 11.6 Å². The summed E-state index contributed by atoms with van der Waals surface area (Å²) in [6.45, 7) is 2.01. The predicted octanol–water partition coefficient (Wildman–Crippen LogP) is 7.50. The van der Waals surface area contributed by atoms with E-state index in [1.807, 2.05) is 6.07 Å². The van der Waals surface area contributed by atoms with Crippen LogP contribution in [0.4, 0.5) is 34.2 Å². The summed E-state index contributed by atoms with van der Waals surface area (Å²) in [6.07, 6.45) is 5.94. The molecule has 16 heteroatoms. The van der Waals surface area contributed by atoms with Crippen LogP contribution in [-0.2, 0) is 0 Å². The van der Waals surface area contributed by atoms with Gasteiger partial charge < -0.3 is 25.8 Å². The number of methoxy groups -OCH3 is 1. The molecule has 0 bridgehead atoms. The molecule has 0 radical (unpaired) electrons. The quantitative estimate of drug-likeness (QED) is 0.174. The molecule has 51 heavy (non-hydrogen) atoms. The number of rotatable bonds is 5. The fraction of sp³-hybridized carbons (Fsp3) is 0.314. The van der Waals surface area contributed by atoms with Gasteiger partial charge in [0.25, 0.3) is 0 Å². The van der Waals surface area contributed by atoms with Crippen molar-refractivity contribution in [3.8, 4) is 29.0 Å². The number of hydrogen-bond acceptors (Lipinski definition) is 11. The first-order valence-corrected chi connectivity index (χ1v) is 17.3.